The van der Waals surface area contributed by atoms with E-state index in [0.29, 0.717) is 28.5 Å². The molecule has 0 aliphatic rings. The van der Waals surface area contributed by atoms with Crippen LogP contribution in [0.2, 0.25) is 0 Å². The number of nitrogens with one attached hydrogen (secondary N) is 3. The number of alkyl halides is 3. The quantitative estimate of drug-likeness (QED) is 0.588. The molecule has 2 heterocycles. The standard InChI is InChI=1S/C14H13F3N6O/c1-6-11(21-23-19-6)12-10(13(18-2)22-20-12)7-3-4-9(24)8(5-7)14(15,16)17/h3-5,24H,1-2H3,(H2,18,20,22)(H,19,21,23). The van der Waals surface area contributed by atoms with Crippen LogP contribution in [-0.2, 0) is 6.18 Å². The molecule has 4 N–H and O–H groups in total. The lowest BCUT2D eigenvalue weighted by atomic mass is 10.00. The molecule has 0 saturated heterocycles. The molecule has 0 aliphatic carbocycles. The van der Waals surface area contributed by atoms with Gasteiger partial charge in [0.1, 0.15) is 11.4 Å². The molecule has 0 fully saturated rings. The lowest BCUT2D eigenvalue weighted by molar-refractivity contribution is -0.138. The Morgan fingerprint density at radius 2 is 1.92 bits per heavy atom. The third-order valence-electron chi connectivity index (χ3n) is 3.55. The molecule has 126 valence electrons. The summed E-state index contributed by atoms with van der Waals surface area (Å²) in [6.45, 7) is 1.71. The van der Waals surface area contributed by atoms with Crippen LogP contribution in [0.5, 0.6) is 5.75 Å². The number of aromatic hydroxyl groups is 1. The molecule has 24 heavy (non-hydrogen) atoms. The van der Waals surface area contributed by atoms with Gasteiger partial charge >= 0.3 is 6.18 Å². The zero-order chi connectivity index (χ0) is 17.5. The first kappa shape index (κ1) is 15.8. The fourth-order valence-electron chi connectivity index (χ4n) is 2.41. The van der Waals surface area contributed by atoms with Crippen LogP contribution in [0.1, 0.15) is 11.3 Å². The first-order chi connectivity index (χ1) is 11.3. The number of aromatic nitrogens is 5. The van der Waals surface area contributed by atoms with E-state index in [0.717, 1.165) is 12.1 Å². The normalized spacial score (nSPS) is 11.7. The summed E-state index contributed by atoms with van der Waals surface area (Å²) in [7, 11) is 1.60. The van der Waals surface area contributed by atoms with Gasteiger partial charge in [-0.1, -0.05) is 6.07 Å². The monoisotopic (exact) mass is 338 g/mol. The predicted molar refractivity (Wildman–Crippen MR) is 80.4 cm³/mol. The van der Waals surface area contributed by atoms with Gasteiger partial charge in [0.05, 0.1) is 22.5 Å². The number of H-pyrrole nitrogens is 2. The van der Waals surface area contributed by atoms with Gasteiger partial charge in [-0.25, -0.2) is 0 Å². The zero-order valence-electron chi connectivity index (χ0n) is 12.7. The molecule has 0 radical (unpaired) electrons. The van der Waals surface area contributed by atoms with E-state index in [1.807, 2.05) is 0 Å². The van der Waals surface area contributed by atoms with Gasteiger partial charge in [0.2, 0.25) is 0 Å². The lowest BCUT2D eigenvalue weighted by Crippen LogP contribution is -2.05. The summed E-state index contributed by atoms with van der Waals surface area (Å²) < 4.78 is 39.2. The van der Waals surface area contributed by atoms with Crippen molar-refractivity contribution in [3.8, 4) is 28.3 Å². The van der Waals surface area contributed by atoms with E-state index in [1.165, 1.54) is 6.07 Å². The van der Waals surface area contributed by atoms with Crippen LogP contribution >= 0.6 is 0 Å². The highest BCUT2D eigenvalue weighted by Crippen LogP contribution is 2.41. The summed E-state index contributed by atoms with van der Waals surface area (Å²) in [6.07, 6.45) is -4.67. The maximum absolute atomic E-state index is 13.1. The predicted octanol–water partition coefficient (Wildman–Crippen LogP) is 2.94. The first-order valence-corrected chi connectivity index (χ1v) is 6.87. The van der Waals surface area contributed by atoms with Gasteiger partial charge in [0, 0.05) is 7.05 Å². The number of phenols is 1. The zero-order valence-corrected chi connectivity index (χ0v) is 12.7. The number of hydrogen-bond donors (Lipinski definition) is 4. The van der Waals surface area contributed by atoms with Gasteiger partial charge in [-0.3, -0.25) is 5.10 Å². The topological polar surface area (TPSA) is 103 Å². The summed E-state index contributed by atoms with van der Waals surface area (Å²) in [6, 6.07) is 3.26. The van der Waals surface area contributed by atoms with E-state index in [9.17, 15) is 18.3 Å². The number of nitrogens with zero attached hydrogens (tertiary/aromatic N) is 3. The number of aryl methyl sites for hydroxylation is 1. The van der Waals surface area contributed by atoms with Crippen molar-refractivity contribution < 1.29 is 18.3 Å². The van der Waals surface area contributed by atoms with Crippen molar-refractivity contribution in [2.24, 2.45) is 0 Å². The van der Waals surface area contributed by atoms with Crippen molar-refractivity contribution in [1.82, 2.24) is 25.6 Å². The maximum atomic E-state index is 13.1. The van der Waals surface area contributed by atoms with Crippen molar-refractivity contribution in [3.05, 3.63) is 29.5 Å². The second-order valence-corrected chi connectivity index (χ2v) is 5.06. The Labute approximate surface area is 133 Å². The number of anilines is 1. The molecule has 0 atom stereocenters. The Hall–Kier alpha value is -3.04. The third-order valence-corrected chi connectivity index (χ3v) is 3.55. The van der Waals surface area contributed by atoms with Crippen molar-refractivity contribution in [3.63, 3.8) is 0 Å². The number of hydrogen-bond acceptors (Lipinski definition) is 5. The van der Waals surface area contributed by atoms with Gasteiger partial charge in [-0.2, -0.15) is 33.7 Å². The van der Waals surface area contributed by atoms with E-state index >= 15 is 0 Å². The Bertz CT molecular complexity index is 883. The van der Waals surface area contributed by atoms with Crippen LogP contribution < -0.4 is 5.32 Å². The van der Waals surface area contributed by atoms with E-state index < -0.39 is 17.5 Å². The van der Waals surface area contributed by atoms with Gasteiger partial charge in [-0.15, -0.1) is 0 Å². The van der Waals surface area contributed by atoms with Crippen molar-refractivity contribution >= 4 is 5.82 Å². The average molecular weight is 338 g/mol. The van der Waals surface area contributed by atoms with E-state index in [1.54, 1.807) is 14.0 Å². The number of halogens is 3. The van der Waals surface area contributed by atoms with Gasteiger partial charge in [0.15, 0.2) is 5.82 Å². The van der Waals surface area contributed by atoms with Crippen molar-refractivity contribution in [2.75, 3.05) is 12.4 Å². The van der Waals surface area contributed by atoms with E-state index in [2.05, 4.69) is 30.9 Å². The summed E-state index contributed by atoms with van der Waals surface area (Å²) in [5, 5.41) is 29.5. The van der Waals surface area contributed by atoms with Gasteiger partial charge in [0.25, 0.3) is 0 Å². The molecule has 10 heteroatoms. The second-order valence-electron chi connectivity index (χ2n) is 5.06. The van der Waals surface area contributed by atoms with Crippen LogP contribution in [0.3, 0.4) is 0 Å². The maximum Gasteiger partial charge on any atom is 0.419 e. The highest BCUT2D eigenvalue weighted by molar-refractivity contribution is 5.88. The minimum atomic E-state index is -4.67. The summed E-state index contributed by atoms with van der Waals surface area (Å²) >= 11 is 0. The molecule has 3 aromatic rings. The summed E-state index contributed by atoms with van der Waals surface area (Å²) in [5.74, 6) is -0.480. The van der Waals surface area contributed by atoms with E-state index in [-0.39, 0.29) is 5.56 Å². The van der Waals surface area contributed by atoms with Crippen LogP contribution in [-0.4, -0.2) is 37.8 Å². The molecule has 0 amide bonds. The molecule has 1 aromatic carbocycles. The Balaban J connectivity index is 2.23. The van der Waals surface area contributed by atoms with E-state index in [4.69, 9.17) is 0 Å². The molecule has 0 saturated carbocycles. The summed E-state index contributed by atoms with van der Waals surface area (Å²) in [4.78, 5) is 0. The molecule has 7 nitrogen and oxygen atoms in total. The van der Waals surface area contributed by atoms with Crippen LogP contribution in [0, 0.1) is 6.92 Å². The number of phenolic OH excluding ortho intramolecular Hbond substituents is 1. The average Bonchev–Trinajstić information content (AvgIpc) is 3.12. The Morgan fingerprint density at radius 1 is 1.17 bits per heavy atom. The van der Waals surface area contributed by atoms with Crippen molar-refractivity contribution in [1.29, 1.82) is 0 Å². The third kappa shape index (κ3) is 2.55. The van der Waals surface area contributed by atoms with Crippen LogP contribution in [0.4, 0.5) is 19.0 Å². The number of rotatable bonds is 3. The molecule has 2 aromatic heterocycles. The highest BCUT2D eigenvalue weighted by Gasteiger charge is 2.34. The second kappa shape index (κ2) is 5.55. The minimum Gasteiger partial charge on any atom is -0.507 e. The van der Waals surface area contributed by atoms with Gasteiger partial charge < -0.3 is 10.4 Å². The number of benzene rings is 1. The number of aromatic amines is 2. The molecule has 0 unspecified atom stereocenters. The molecule has 0 spiro atoms. The fraction of sp³-hybridized carbons (Fsp3) is 0.214. The van der Waals surface area contributed by atoms with Crippen LogP contribution in [0.15, 0.2) is 18.2 Å². The lowest BCUT2D eigenvalue weighted by Gasteiger charge is -2.12. The molecule has 3 rings (SSSR count). The molecular weight excluding hydrogens is 325 g/mol. The smallest absolute Gasteiger partial charge is 0.419 e. The SMILES string of the molecule is CNc1n[nH]c(-c2n[nH]nc2C)c1-c1ccc(O)c(C(F)(F)F)c1. The minimum absolute atomic E-state index is 0.232. The molecule has 0 bridgehead atoms. The highest BCUT2D eigenvalue weighted by atomic mass is 19.4. The first-order valence-electron chi connectivity index (χ1n) is 6.87. The Morgan fingerprint density at radius 3 is 2.50 bits per heavy atom. The Kier molecular flexibility index (Phi) is 3.66. The van der Waals surface area contributed by atoms with Gasteiger partial charge in [-0.05, 0) is 24.6 Å². The van der Waals surface area contributed by atoms with Crippen LogP contribution in [0.25, 0.3) is 22.5 Å². The van der Waals surface area contributed by atoms with Crippen molar-refractivity contribution in [2.45, 2.75) is 13.1 Å². The summed E-state index contributed by atoms with van der Waals surface area (Å²) in [5.41, 5.74) is 0.948. The largest absolute Gasteiger partial charge is 0.507 e. The fourth-order valence-corrected chi connectivity index (χ4v) is 2.41. The molecule has 0 aliphatic heterocycles. The molecular formula is C14H13F3N6O.